The molecule has 404 valence electrons. The van der Waals surface area contributed by atoms with E-state index in [9.17, 15) is 35.1 Å². The molecular weight excluding hydrogens is 883 g/mol. The van der Waals surface area contributed by atoms with Crippen molar-refractivity contribution in [2.45, 2.75) is 269 Å². The number of carbonyl (C=O) groups excluding carboxylic acids is 2. The predicted molar refractivity (Wildman–Crippen MR) is 287 cm³/mol. The molecule has 11 nitrogen and oxygen atoms in total. The normalized spacial score (nSPS) is 19.8. The molecule has 0 aromatic carbocycles. The van der Waals surface area contributed by atoms with E-state index in [1.54, 1.807) is 6.08 Å². The van der Waals surface area contributed by atoms with Gasteiger partial charge in [-0.3, -0.25) is 9.59 Å². The Balaban J connectivity index is 2.18. The number of esters is 1. The lowest BCUT2D eigenvalue weighted by Crippen LogP contribution is -2.60. The van der Waals surface area contributed by atoms with Crippen LogP contribution in [0.1, 0.15) is 226 Å². The zero-order valence-electron chi connectivity index (χ0n) is 44.2. The number of rotatable bonds is 47. The first-order valence-corrected chi connectivity index (χ1v) is 28.2. The number of nitrogens with one attached hydrogen (secondary N) is 1. The monoisotopic (exact) mass is 986 g/mol. The number of aliphatic hydroxyl groups is 5. The highest BCUT2D eigenvalue weighted by Crippen LogP contribution is 2.23. The van der Waals surface area contributed by atoms with Gasteiger partial charge in [-0.1, -0.05) is 164 Å². The fourth-order valence-electron chi connectivity index (χ4n) is 8.19. The van der Waals surface area contributed by atoms with Gasteiger partial charge in [0.1, 0.15) is 24.4 Å². The van der Waals surface area contributed by atoms with Crippen molar-refractivity contribution in [3.05, 3.63) is 72.9 Å². The standard InChI is InChI=1S/C59H103NO10/c1-3-5-7-9-11-13-15-22-25-29-33-37-41-45-52(62)51(50-69-59-58(67)57(66)56(65)53(49-61)70-59)60-54(63)46-42-38-34-30-26-23-20-18-17-19-21-24-28-32-36-40-44-48-68-55(64)47-43-39-35-31-27-16-14-12-10-8-6-4-2/h11-14,17,19,24-25,28-29,41,45,51-53,56-59,61-62,65-67H,3-10,15-16,18,20-23,26-27,30-40,42-44,46-50H2,1-2H3,(H,60,63)/b13-11+,14-12-,19-17-,28-24-,29-25+,45-41+. The Morgan fingerprint density at radius 1 is 0.529 bits per heavy atom. The topological polar surface area (TPSA) is 175 Å². The highest BCUT2D eigenvalue weighted by molar-refractivity contribution is 5.76. The fourth-order valence-corrected chi connectivity index (χ4v) is 8.19. The van der Waals surface area contributed by atoms with E-state index in [4.69, 9.17) is 14.2 Å². The van der Waals surface area contributed by atoms with Crippen molar-refractivity contribution in [2.75, 3.05) is 19.8 Å². The second-order valence-electron chi connectivity index (χ2n) is 19.3. The van der Waals surface area contributed by atoms with Crippen molar-refractivity contribution in [3.8, 4) is 0 Å². The number of carbonyl (C=O) groups is 2. The molecule has 1 saturated heterocycles. The van der Waals surface area contributed by atoms with E-state index in [0.717, 1.165) is 103 Å². The summed E-state index contributed by atoms with van der Waals surface area (Å²) in [5.74, 6) is -0.260. The highest BCUT2D eigenvalue weighted by Gasteiger charge is 2.44. The van der Waals surface area contributed by atoms with Crippen LogP contribution in [0.3, 0.4) is 0 Å². The van der Waals surface area contributed by atoms with Crippen LogP contribution in [0, 0.1) is 0 Å². The average molecular weight is 986 g/mol. The molecule has 0 radical (unpaired) electrons. The predicted octanol–water partition coefficient (Wildman–Crippen LogP) is 12.4. The maximum Gasteiger partial charge on any atom is 0.305 e. The highest BCUT2D eigenvalue weighted by atomic mass is 16.7. The fraction of sp³-hybridized carbons (Fsp3) is 0.763. The Labute approximate surface area is 426 Å². The second kappa shape index (κ2) is 48.4. The zero-order chi connectivity index (χ0) is 51.0. The molecule has 1 aliphatic heterocycles. The first kappa shape index (κ1) is 65.1. The molecule has 1 fully saturated rings. The molecule has 0 aliphatic carbocycles. The Bertz CT molecular complexity index is 1390. The molecule has 7 atom stereocenters. The molecule has 0 aromatic heterocycles. The Morgan fingerprint density at radius 3 is 1.50 bits per heavy atom. The van der Waals surface area contributed by atoms with Gasteiger partial charge in [-0.2, -0.15) is 0 Å². The van der Waals surface area contributed by atoms with Gasteiger partial charge in [0.05, 0.1) is 32.0 Å². The number of hydrogen-bond acceptors (Lipinski definition) is 10. The van der Waals surface area contributed by atoms with Gasteiger partial charge in [-0.25, -0.2) is 0 Å². The van der Waals surface area contributed by atoms with Crippen molar-refractivity contribution in [1.29, 1.82) is 0 Å². The summed E-state index contributed by atoms with van der Waals surface area (Å²) in [5, 5.41) is 54.3. The number of aliphatic hydroxyl groups excluding tert-OH is 5. The van der Waals surface area contributed by atoms with Crippen molar-refractivity contribution in [1.82, 2.24) is 5.32 Å². The number of hydrogen-bond donors (Lipinski definition) is 6. The SMILES string of the molecule is CCCCC/C=C\CCCCCCCC(=O)OCCCCC/C=C\C/C=C\CCCCCCCCCC(=O)NC(COC1OC(CO)C(O)C(O)C1O)C(O)/C=C/CC/C=C/CC/C=C/CCCCC. The van der Waals surface area contributed by atoms with E-state index in [0.29, 0.717) is 25.9 Å². The van der Waals surface area contributed by atoms with Gasteiger partial charge >= 0.3 is 5.97 Å². The minimum absolute atomic E-state index is 0.0449. The summed E-state index contributed by atoms with van der Waals surface area (Å²) in [5.41, 5.74) is 0. The summed E-state index contributed by atoms with van der Waals surface area (Å²) in [4.78, 5) is 25.0. The molecule has 1 aliphatic rings. The second-order valence-corrected chi connectivity index (χ2v) is 19.3. The Hall–Kier alpha value is -2.90. The molecule has 70 heavy (non-hydrogen) atoms. The molecule has 1 rings (SSSR count). The largest absolute Gasteiger partial charge is 0.466 e. The minimum Gasteiger partial charge on any atom is -0.466 e. The van der Waals surface area contributed by atoms with Crippen LogP contribution in [-0.4, -0.2) is 100 Å². The van der Waals surface area contributed by atoms with Crippen molar-refractivity contribution >= 4 is 11.9 Å². The van der Waals surface area contributed by atoms with Gasteiger partial charge in [0.25, 0.3) is 0 Å². The van der Waals surface area contributed by atoms with Gasteiger partial charge in [-0.15, -0.1) is 0 Å². The Kier molecular flexibility index (Phi) is 45.0. The van der Waals surface area contributed by atoms with Crippen LogP contribution in [0.25, 0.3) is 0 Å². The van der Waals surface area contributed by atoms with E-state index < -0.39 is 49.5 Å². The maximum absolute atomic E-state index is 13.0. The molecule has 6 N–H and O–H groups in total. The smallest absolute Gasteiger partial charge is 0.305 e. The first-order chi connectivity index (χ1) is 34.2. The number of allylic oxidation sites excluding steroid dienone is 11. The molecular formula is C59H103NO10. The number of ether oxygens (including phenoxy) is 3. The van der Waals surface area contributed by atoms with Gasteiger partial charge in [-0.05, 0) is 122 Å². The Morgan fingerprint density at radius 2 is 0.971 bits per heavy atom. The lowest BCUT2D eigenvalue weighted by molar-refractivity contribution is -0.302. The zero-order valence-corrected chi connectivity index (χ0v) is 44.2. The van der Waals surface area contributed by atoms with Gasteiger partial charge in [0.15, 0.2) is 6.29 Å². The summed E-state index contributed by atoms with van der Waals surface area (Å²) in [6.07, 6.45) is 52.7. The van der Waals surface area contributed by atoms with E-state index in [1.165, 1.54) is 89.9 Å². The maximum atomic E-state index is 13.0. The van der Waals surface area contributed by atoms with Crippen LogP contribution in [0.2, 0.25) is 0 Å². The molecule has 0 saturated carbocycles. The average Bonchev–Trinajstić information content (AvgIpc) is 3.36. The molecule has 0 spiro atoms. The lowest BCUT2D eigenvalue weighted by Gasteiger charge is -2.40. The summed E-state index contributed by atoms with van der Waals surface area (Å²) >= 11 is 0. The summed E-state index contributed by atoms with van der Waals surface area (Å²) in [6.45, 7) is 4.19. The van der Waals surface area contributed by atoms with Crippen LogP contribution >= 0.6 is 0 Å². The van der Waals surface area contributed by atoms with E-state index in [2.05, 4.69) is 79.9 Å². The van der Waals surface area contributed by atoms with Crippen LogP contribution in [-0.2, 0) is 23.8 Å². The number of unbranched alkanes of at least 4 members (excludes halogenated alkanes) is 23. The van der Waals surface area contributed by atoms with E-state index in [1.807, 2.05) is 6.08 Å². The van der Waals surface area contributed by atoms with Crippen LogP contribution in [0.4, 0.5) is 0 Å². The van der Waals surface area contributed by atoms with Gasteiger partial charge < -0.3 is 45.1 Å². The molecule has 1 heterocycles. The molecule has 0 bridgehead atoms. The molecule has 1 amide bonds. The van der Waals surface area contributed by atoms with Gasteiger partial charge in [0.2, 0.25) is 5.91 Å². The van der Waals surface area contributed by atoms with Crippen molar-refractivity contribution < 1.29 is 49.3 Å². The number of amides is 1. The minimum atomic E-state index is -1.59. The van der Waals surface area contributed by atoms with Crippen LogP contribution < -0.4 is 5.32 Å². The van der Waals surface area contributed by atoms with Crippen LogP contribution in [0.15, 0.2) is 72.9 Å². The summed E-state index contributed by atoms with van der Waals surface area (Å²) in [6, 6.07) is -0.848. The molecule has 0 aromatic rings. The third-order valence-corrected chi connectivity index (χ3v) is 12.7. The van der Waals surface area contributed by atoms with E-state index >= 15 is 0 Å². The van der Waals surface area contributed by atoms with E-state index in [-0.39, 0.29) is 18.5 Å². The summed E-state index contributed by atoms with van der Waals surface area (Å²) in [7, 11) is 0. The van der Waals surface area contributed by atoms with Gasteiger partial charge in [0, 0.05) is 12.8 Å². The molecule has 11 heteroatoms. The van der Waals surface area contributed by atoms with Crippen molar-refractivity contribution in [2.24, 2.45) is 0 Å². The first-order valence-electron chi connectivity index (χ1n) is 28.2. The molecule has 7 unspecified atom stereocenters. The van der Waals surface area contributed by atoms with Crippen molar-refractivity contribution in [3.63, 3.8) is 0 Å². The third kappa shape index (κ3) is 37.8. The third-order valence-electron chi connectivity index (χ3n) is 12.7. The summed E-state index contributed by atoms with van der Waals surface area (Å²) < 4.78 is 16.6. The lowest BCUT2D eigenvalue weighted by atomic mass is 9.99. The van der Waals surface area contributed by atoms with Crippen LogP contribution in [0.5, 0.6) is 0 Å². The quantitative estimate of drug-likeness (QED) is 0.0196.